The molecule has 1 aromatic rings. The zero-order valence-corrected chi connectivity index (χ0v) is 9.78. The SMILES string of the molecule is Cc1noc(CN2CCNC(C)(C)C2=O)n1. The minimum atomic E-state index is -0.507. The van der Waals surface area contributed by atoms with Gasteiger partial charge in [0.05, 0.1) is 5.54 Å². The van der Waals surface area contributed by atoms with E-state index in [1.54, 1.807) is 11.8 Å². The maximum absolute atomic E-state index is 12.0. The lowest BCUT2D eigenvalue weighted by molar-refractivity contribution is -0.140. The molecule has 2 heterocycles. The molecule has 1 aliphatic rings. The molecule has 0 spiro atoms. The van der Waals surface area contributed by atoms with Gasteiger partial charge < -0.3 is 14.7 Å². The summed E-state index contributed by atoms with van der Waals surface area (Å²) in [6, 6.07) is 0. The molecule has 0 aliphatic carbocycles. The quantitative estimate of drug-likeness (QED) is 0.770. The van der Waals surface area contributed by atoms with E-state index in [9.17, 15) is 4.79 Å². The monoisotopic (exact) mass is 224 g/mol. The van der Waals surface area contributed by atoms with Gasteiger partial charge in [-0.2, -0.15) is 4.98 Å². The lowest BCUT2D eigenvalue weighted by Crippen LogP contribution is -2.60. The van der Waals surface area contributed by atoms with Crippen LogP contribution in [0.1, 0.15) is 25.6 Å². The number of hydrogen-bond acceptors (Lipinski definition) is 5. The van der Waals surface area contributed by atoms with Gasteiger partial charge >= 0.3 is 0 Å². The second-order valence-corrected chi connectivity index (χ2v) is 4.51. The van der Waals surface area contributed by atoms with Gasteiger partial charge in [0, 0.05) is 13.1 Å². The third kappa shape index (κ3) is 2.06. The maximum atomic E-state index is 12.0. The summed E-state index contributed by atoms with van der Waals surface area (Å²) in [5, 5.41) is 6.88. The molecule has 1 fully saturated rings. The molecular weight excluding hydrogens is 208 g/mol. The summed E-state index contributed by atoms with van der Waals surface area (Å²) in [4.78, 5) is 17.9. The van der Waals surface area contributed by atoms with Gasteiger partial charge in [0.25, 0.3) is 0 Å². The van der Waals surface area contributed by atoms with E-state index in [4.69, 9.17) is 4.52 Å². The van der Waals surface area contributed by atoms with Crippen molar-refractivity contribution >= 4 is 5.91 Å². The molecule has 6 nitrogen and oxygen atoms in total. The van der Waals surface area contributed by atoms with E-state index >= 15 is 0 Å². The van der Waals surface area contributed by atoms with Gasteiger partial charge in [0.15, 0.2) is 5.82 Å². The number of rotatable bonds is 2. The van der Waals surface area contributed by atoms with Crippen molar-refractivity contribution in [1.82, 2.24) is 20.4 Å². The van der Waals surface area contributed by atoms with Crippen molar-refractivity contribution in [2.75, 3.05) is 13.1 Å². The number of carbonyl (C=O) groups is 1. The molecule has 1 amide bonds. The third-order valence-electron chi connectivity index (χ3n) is 2.67. The summed E-state index contributed by atoms with van der Waals surface area (Å²) >= 11 is 0. The second-order valence-electron chi connectivity index (χ2n) is 4.51. The van der Waals surface area contributed by atoms with Crippen LogP contribution in [0.4, 0.5) is 0 Å². The van der Waals surface area contributed by atoms with Gasteiger partial charge in [0.2, 0.25) is 11.8 Å². The van der Waals surface area contributed by atoms with Gasteiger partial charge in [-0.1, -0.05) is 5.16 Å². The first-order valence-electron chi connectivity index (χ1n) is 5.32. The fourth-order valence-electron chi connectivity index (χ4n) is 1.79. The maximum Gasteiger partial charge on any atom is 0.246 e. The van der Waals surface area contributed by atoms with Crippen LogP contribution in [0.2, 0.25) is 0 Å². The summed E-state index contributed by atoms with van der Waals surface area (Å²) < 4.78 is 5.01. The number of aryl methyl sites for hydroxylation is 1. The first-order valence-corrected chi connectivity index (χ1v) is 5.32. The Hall–Kier alpha value is -1.43. The summed E-state index contributed by atoms with van der Waals surface area (Å²) in [7, 11) is 0. The van der Waals surface area contributed by atoms with E-state index in [1.807, 2.05) is 13.8 Å². The summed E-state index contributed by atoms with van der Waals surface area (Å²) in [5.74, 6) is 1.15. The highest BCUT2D eigenvalue weighted by atomic mass is 16.5. The number of nitrogens with zero attached hydrogens (tertiary/aromatic N) is 3. The molecule has 6 heteroatoms. The van der Waals surface area contributed by atoms with E-state index in [1.165, 1.54) is 0 Å². The minimum Gasteiger partial charge on any atom is -0.337 e. The molecule has 2 rings (SSSR count). The topological polar surface area (TPSA) is 71.3 Å². The Morgan fingerprint density at radius 1 is 1.56 bits per heavy atom. The largest absolute Gasteiger partial charge is 0.337 e. The highest BCUT2D eigenvalue weighted by Gasteiger charge is 2.35. The molecule has 1 saturated heterocycles. The van der Waals surface area contributed by atoms with Gasteiger partial charge in [-0.05, 0) is 20.8 Å². The van der Waals surface area contributed by atoms with Crippen LogP contribution in [0.5, 0.6) is 0 Å². The molecule has 16 heavy (non-hydrogen) atoms. The van der Waals surface area contributed by atoms with Crippen molar-refractivity contribution in [1.29, 1.82) is 0 Å². The minimum absolute atomic E-state index is 0.0644. The van der Waals surface area contributed by atoms with Crippen molar-refractivity contribution in [3.8, 4) is 0 Å². The molecular formula is C10H16N4O2. The summed E-state index contributed by atoms with van der Waals surface area (Å²) in [6.07, 6.45) is 0. The lowest BCUT2D eigenvalue weighted by atomic mass is 10.0. The Kier molecular flexibility index (Phi) is 2.67. The molecule has 0 atom stereocenters. The smallest absolute Gasteiger partial charge is 0.246 e. The van der Waals surface area contributed by atoms with Crippen LogP contribution in [0.3, 0.4) is 0 Å². The predicted octanol–water partition coefficient (Wildman–Crippen LogP) is 0.0884. The Balaban J connectivity index is 2.07. The van der Waals surface area contributed by atoms with E-state index in [0.717, 1.165) is 6.54 Å². The molecule has 0 radical (unpaired) electrons. The number of carbonyl (C=O) groups excluding carboxylic acids is 1. The summed E-state index contributed by atoms with van der Waals surface area (Å²) in [5.41, 5.74) is -0.507. The van der Waals surface area contributed by atoms with E-state index < -0.39 is 5.54 Å². The zero-order valence-electron chi connectivity index (χ0n) is 9.78. The van der Waals surface area contributed by atoms with Crippen LogP contribution in [-0.2, 0) is 11.3 Å². The van der Waals surface area contributed by atoms with E-state index in [0.29, 0.717) is 24.8 Å². The van der Waals surface area contributed by atoms with E-state index in [2.05, 4.69) is 15.5 Å². The van der Waals surface area contributed by atoms with Gasteiger partial charge in [0.1, 0.15) is 6.54 Å². The Labute approximate surface area is 94.0 Å². The predicted molar refractivity (Wildman–Crippen MR) is 56.5 cm³/mol. The highest BCUT2D eigenvalue weighted by molar-refractivity contribution is 5.86. The second kappa shape index (κ2) is 3.86. The third-order valence-corrected chi connectivity index (χ3v) is 2.67. The van der Waals surface area contributed by atoms with Crippen LogP contribution < -0.4 is 5.32 Å². The molecule has 1 aliphatic heterocycles. The van der Waals surface area contributed by atoms with Crippen LogP contribution >= 0.6 is 0 Å². The van der Waals surface area contributed by atoms with Gasteiger partial charge in [-0.15, -0.1) is 0 Å². The fourth-order valence-corrected chi connectivity index (χ4v) is 1.79. The molecule has 88 valence electrons. The lowest BCUT2D eigenvalue weighted by Gasteiger charge is -2.37. The van der Waals surface area contributed by atoms with Crippen molar-refractivity contribution in [2.45, 2.75) is 32.9 Å². The first kappa shape index (κ1) is 11.1. The molecule has 1 aromatic heterocycles. The number of aromatic nitrogens is 2. The average Bonchev–Trinajstić information content (AvgIpc) is 2.59. The fraction of sp³-hybridized carbons (Fsp3) is 0.700. The van der Waals surface area contributed by atoms with Crippen molar-refractivity contribution in [2.24, 2.45) is 0 Å². The average molecular weight is 224 g/mol. The molecule has 0 aromatic carbocycles. The van der Waals surface area contributed by atoms with Gasteiger partial charge in [-0.25, -0.2) is 0 Å². The van der Waals surface area contributed by atoms with Crippen molar-refractivity contribution in [3.63, 3.8) is 0 Å². The van der Waals surface area contributed by atoms with Crippen molar-refractivity contribution < 1.29 is 9.32 Å². The van der Waals surface area contributed by atoms with Gasteiger partial charge in [-0.3, -0.25) is 4.79 Å². The standard InChI is InChI=1S/C10H16N4O2/c1-7-12-8(16-13-7)6-14-5-4-11-10(2,3)9(14)15/h11H,4-6H2,1-3H3. The van der Waals surface area contributed by atoms with Crippen LogP contribution in [-0.4, -0.2) is 39.6 Å². The Morgan fingerprint density at radius 2 is 2.31 bits per heavy atom. The normalized spacial score (nSPS) is 20.2. The van der Waals surface area contributed by atoms with E-state index in [-0.39, 0.29) is 5.91 Å². The number of nitrogens with one attached hydrogen (secondary N) is 1. The number of piperazine rings is 1. The number of hydrogen-bond donors (Lipinski definition) is 1. The molecule has 0 bridgehead atoms. The molecule has 1 N–H and O–H groups in total. The first-order chi connectivity index (χ1) is 7.49. The summed E-state index contributed by atoms with van der Waals surface area (Å²) in [6.45, 7) is 7.36. The highest BCUT2D eigenvalue weighted by Crippen LogP contribution is 2.14. The molecule has 0 saturated carbocycles. The number of amides is 1. The van der Waals surface area contributed by atoms with Crippen LogP contribution in [0.25, 0.3) is 0 Å². The Bertz CT molecular complexity index is 399. The molecule has 0 unspecified atom stereocenters. The van der Waals surface area contributed by atoms with Crippen molar-refractivity contribution in [3.05, 3.63) is 11.7 Å². The Morgan fingerprint density at radius 3 is 2.94 bits per heavy atom. The zero-order chi connectivity index (χ0) is 11.8. The van der Waals surface area contributed by atoms with Crippen LogP contribution in [0.15, 0.2) is 4.52 Å². The van der Waals surface area contributed by atoms with Crippen LogP contribution in [0, 0.1) is 6.92 Å².